The maximum absolute atomic E-state index is 12.0. The summed E-state index contributed by atoms with van der Waals surface area (Å²) >= 11 is 11.8. The van der Waals surface area contributed by atoms with E-state index in [0.717, 1.165) is 0 Å². The van der Waals surface area contributed by atoms with E-state index in [1.54, 1.807) is 19.1 Å². The smallest absolute Gasteiger partial charge is 0.315 e. The highest BCUT2D eigenvalue weighted by atomic mass is 35.5. The SMILES string of the molecule is COc1ccc(NC(C)=O)cc1NC(=O)COC(=O)[C@]1(C)CC1(Cl)Cl. The molecule has 7 nitrogen and oxygen atoms in total. The van der Waals surface area contributed by atoms with E-state index >= 15 is 0 Å². The normalized spacial score (nSPS) is 20.4. The van der Waals surface area contributed by atoms with Crippen LogP contribution in [0.3, 0.4) is 0 Å². The molecule has 1 aromatic carbocycles. The van der Waals surface area contributed by atoms with Crippen molar-refractivity contribution in [2.45, 2.75) is 24.6 Å². The van der Waals surface area contributed by atoms with Gasteiger partial charge >= 0.3 is 5.97 Å². The molecule has 0 bridgehead atoms. The van der Waals surface area contributed by atoms with Crippen molar-refractivity contribution < 1.29 is 23.9 Å². The van der Waals surface area contributed by atoms with Crippen LogP contribution in [0.4, 0.5) is 11.4 Å². The summed E-state index contributed by atoms with van der Waals surface area (Å²) < 4.78 is 8.97. The molecule has 0 spiro atoms. The Hall–Kier alpha value is -1.99. The maximum Gasteiger partial charge on any atom is 0.315 e. The molecule has 1 saturated carbocycles. The van der Waals surface area contributed by atoms with E-state index in [4.69, 9.17) is 32.7 Å². The second-order valence-electron chi connectivity index (χ2n) is 5.93. The Kier molecular flexibility index (Phi) is 5.49. The van der Waals surface area contributed by atoms with E-state index in [9.17, 15) is 14.4 Å². The number of benzene rings is 1. The fraction of sp³-hybridized carbons (Fsp3) is 0.438. The van der Waals surface area contributed by atoms with Crippen molar-refractivity contribution in [1.82, 2.24) is 0 Å². The lowest BCUT2D eigenvalue weighted by Gasteiger charge is -2.14. The van der Waals surface area contributed by atoms with Crippen LogP contribution in [0.5, 0.6) is 5.75 Å². The Labute approximate surface area is 154 Å². The Bertz CT molecular complexity index is 722. The van der Waals surface area contributed by atoms with E-state index < -0.39 is 28.2 Å². The van der Waals surface area contributed by atoms with Crippen molar-refractivity contribution in [3.8, 4) is 5.75 Å². The number of alkyl halides is 2. The van der Waals surface area contributed by atoms with Crippen LogP contribution in [0, 0.1) is 5.41 Å². The minimum Gasteiger partial charge on any atom is -0.495 e. The molecule has 9 heteroatoms. The highest BCUT2D eigenvalue weighted by Gasteiger charge is 2.69. The van der Waals surface area contributed by atoms with Crippen LogP contribution in [-0.4, -0.2) is 35.8 Å². The number of nitrogens with one attached hydrogen (secondary N) is 2. The number of ether oxygens (including phenoxy) is 2. The first-order chi connectivity index (χ1) is 11.6. The Morgan fingerprint density at radius 1 is 1.24 bits per heavy atom. The zero-order chi connectivity index (χ0) is 18.8. The third-order valence-corrected chi connectivity index (χ3v) is 4.94. The summed E-state index contributed by atoms with van der Waals surface area (Å²) in [5.41, 5.74) is -0.184. The summed E-state index contributed by atoms with van der Waals surface area (Å²) in [4.78, 5) is 35.1. The summed E-state index contributed by atoms with van der Waals surface area (Å²) in [6, 6.07) is 4.75. The van der Waals surface area contributed by atoms with Crippen molar-refractivity contribution in [3.05, 3.63) is 18.2 Å². The molecule has 0 aromatic heterocycles. The number of halogens is 2. The number of hydrogen-bond acceptors (Lipinski definition) is 5. The highest BCUT2D eigenvalue weighted by Crippen LogP contribution is 2.64. The van der Waals surface area contributed by atoms with Gasteiger partial charge in [0.05, 0.1) is 12.8 Å². The summed E-state index contributed by atoms with van der Waals surface area (Å²) in [5.74, 6) is -1.06. The average Bonchev–Trinajstić information content (AvgIpc) is 3.04. The fourth-order valence-corrected chi connectivity index (χ4v) is 2.87. The predicted octanol–water partition coefficient (Wildman–Crippen LogP) is 2.72. The Morgan fingerprint density at radius 2 is 1.88 bits per heavy atom. The van der Waals surface area contributed by atoms with Crippen LogP contribution < -0.4 is 15.4 Å². The molecular formula is C16H18Cl2N2O5. The first-order valence-electron chi connectivity index (χ1n) is 7.39. The summed E-state index contributed by atoms with van der Waals surface area (Å²) in [6.07, 6.45) is 0.274. The fourth-order valence-electron chi connectivity index (χ4n) is 2.18. The van der Waals surface area contributed by atoms with E-state index in [2.05, 4.69) is 10.6 Å². The van der Waals surface area contributed by atoms with Gasteiger partial charge in [0.1, 0.15) is 15.5 Å². The number of rotatable bonds is 6. The molecule has 0 aliphatic heterocycles. The quantitative estimate of drug-likeness (QED) is 0.577. The number of amides is 2. The molecule has 2 amide bonds. The second kappa shape index (κ2) is 7.09. The van der Waals surface area contributed by atoms with Gasteiger partial charge in [0.2, 0.25) is 5.91 Å². The number of methoxy groups -OCH3 is 1. The van der Waals surface area contributed by atoms with Gasteiger partial charge in [-0.3, -0.25) is 14.4 Å². The van der Waals surface area contributed by atoms with Gasteiger partial charge in [0, 0.05) is 19.0 Å². The predicted molar refractivity (Wildman–Crippen MR) is 94.0 cm³/mol. The number of esters is 1. The number of anilines is 2. The van der Waals surface area contributed by atoms with Crippen molar-refractivity contribution >= 4 is 52.4 Å². The lowest BCUT2D eigenvalue weighted by atomic mass is 10.1. The minimum absolute atomic E-state index is 0.250. The van der Waals surface area contributed by atoms with E-state index in [1.165, 1.54) is 20.1 Å². The van der Waals surface area contributed by atoms with Gasteiger partial charge in [0.15, 0.2) is 6.61 Å². The molecule has 1 aliphatic rings. The topological polar surface area (TPSA) is 93.7 Å². The molecule has 0 radical (unpaired) electrons. The first kappa shape index (κ1) is 19.3. The maximum atomic E-state index is 12.0. The molecular weight excluding hydrogens is 371 g/mol. The van der Waals surface area contributed by atoms with Gasteiger partial charge < -0.3 is 20.1 Å². The van der Waals surface area contributed by atoms with E-state index in [0.29, 0.717) is 17.1 Å². The molecule has 0 unspecified atom stereocenters. The van der Waals surface area contributed by atoms with E-state index in [1.807, 2.05) is 0 Å². The number of hydrogen-bond donors (Lipinski definition) is 2. The van der Waals surface area contributed by atoms with Crippen molar-refractivity contribution in [2.75, 3.05) is 24.4 Å². The van der Waals surface area contributed by atoms with Crippen molar-refractivity contribution in [3.63, 3.8) is 0 Å². The van der Waals surface area contributed by atoms with Crippen LogP contribution in [-0.2, 0) is 19.1 Å². The van der Waals surface area contributed by atoms with Crippen molar-refractivity contribution in [1.29, 1.82) is 0 Å². The lowest BCUT2D eigenvalue weighted by molar-refractivity contribution is -0.152. The molecule has 1 aromatic rings. The Balaban J connectivity index is 1.98. The van der Waals surface area contributed by atoms with Gasteiger partial charge in [-0.05, 0) is 25.1 Å². The van der Waals surface area contributed by atoms with Gasteiger partial charge in [-0.25, -0.2) is 0 Å². The molecule has 1 fully saturated rings. The third-order valence-electron chi connectivity index (χ3n) is 3.84. The first-order valence-corrected chi connectivity index (χ1v) is 8.15. The monoisotopic (exact) mass is 388 g/mol. The zero-order valence-electron chi connectivity index (χ0n) is 13.9. The van der Waals surface area contributed by atoms with Crippen molar-refractivity contribution in [2.24, 2.45) is 5.41 Å². The minimum atomic E-state index is -1.16. The molecule has 2 rings (SSSR count). The van der Waals surface area contributed by atoms with E-state index in [-0.39, 0.29) is 12.3 Å². The molecule has 0 heterocycles. The Morgan fingerprint density at radius 3 is 2.40 bits per heavy atom. The van der Waals surface area contributed by atoms with Gasteiger partial charge in [-0.15, -0.1) is 23.2 Å². The van der Waals surface area contributed by atoms with Crippen LogP contribution in [0.1, 0.15) is 20.3 Å². The van der Waals surface area contributed by atoms with Gasteiger partial charge in [0.25, 0.3) is 5.91 Å². The van der Waals surface area contributed by atoms with Crippen LogP contribution in [0.2, 0.25) is 0 Å². The summed E-state index contributed by atoms with van der Waals surface area (Å²) in [5, 5.41) is 5.16. The van der Waals surface area contributed by atoms with Gasteiger partial charge in [-0.1, -0.05) is 0 Å². The van der Waals surface area contributed by atoms with Crippen LogP contribution in [0.15, 0.2) is 18.2 Å². The third kappa shape index (κ3) is 4.35. The van der Waals surface area contributed by atoms with Crippen LogP contribution in [0.25, 0.3) is 0 Å². The highest BCUT2D eigenvalue weighted by molar-refractivity contribution is 6.53. The molecule has 2 N–H and O–H groups in total. The molecule has 0 saturated heterocycles. The molecule has 1 atom stereocenters. The summed E-state index contributed by atoms with van der Waals surface area (Å²) in [6.45, 7) is 2.45. The average molecular weight is 389 g/mol. The zero-order valence-corrected chi connectivity index (χ0v) is 15.5. The standard InChI is InChI=1S/C16H18Cl2N2O5/c1-9(21)19-10-4-5-12(24-3)11(6-10)20-13(22)7-25-14(23)15(2)8-16(15,17)18/h4-6H,7-8H2,1-3H3,(H,19,21)(H,20,22)/t15-/m0/s1. The molecule has 1 aliphatic carbocycles. The second-order valence-corrected chi connectivity index (χ2v) is 7.42. The lowest BCUT2D eigenvalue weighted by Crippen LogP contribution is -2.27. The largest absolute Gasteiger partial charge is 0.495 e. The molecule has 136 valence electrons. The number of carbonyl (C=O) groups excluding carboxylic acids is 3. The number of carbonyl (C=O) groups is 3. The summed E-state index contributed by atoms with van der Waals surface area (Å²) in [7, 11) is 1.44. The van der Waals surface area contributed by atoms with Gasteiger partial charge in [-0.2, -0.15) is 0 Å². The molecule has 25 heavy (non-hydrogen) atoms. The van der Waals surface area contributed by atoms with Crippen LogP contribution >= 0.6 is 23.2 Å².